The van der Waals surface area contributed by atoms with Gasteiger partial charge in [-0.05, 0) is 38.3 Å². The number of aliphatic hydroxyl groups is 1. The van der Waals surface area contributed by atoms with Crippen molar-refractivity contribution in [2.24, 2.45) is 0 Å². The highest BCUT2D eigenvalue weighted by Gasteiger charge is 2.17. The second-order valence-electron chi connectivity index (χ2n) is 6.38. The van der Waals surface area contributed by atoms with Crippen LogP contribution in [0.5, 0.6) is 0 Å². The third kappa shape index (κ3) is 2.99. The largest absolute Gasteiger partial charge is 0.390 e. The SMILES string of the molecule is Cc1c(C)n(C[C@H](O)CNC2CCCC2)c2ccccc12. The fraction of sp³-hybridized carbons (Fsp3) is 0.556. The Labute approximate surface area is 127 Å². The number of aliphatic hydroxyl groups excluding tert-OH is 1. The molecule has 0 aliphatic heterocycles. The van der Waals surface area contributed by atoms with Crippen molar-refractivity contribution in [3.63, 3.8) is 0 Å². The Morgan fingerprint density at radius 2 is 1.95 bits per heavy atom. The molecule has 0 radical (unpaired) electrons. The highest BCUT2D eigenvalue weighted by molar-refractivity contribution is 5.85. The summed E-state index contributed by atoms with van der Waals surface area (Å²) in [6.45, 7) is 5.67. The zero-order chi connectivity index (χ0) is 14.8. The number of nitrogens with zero attached hydrogens (tertiary/aromatic N) is 1. The number of para-hydroxylation sites is 1. The first-order chi connectivity index (χ1) is 10.2. The summed E-state index contributed by atoms with van der Waals surface area (Å²) in [5.74, 6) is 0. The molecule has 1 aliphatic rings. The summed E-state index contributed by atoms with van der Waals surface area (Å²) in [7, 11) is 0. The van der Waals surface area contributed by atoms with Crippen LogP contribution in [0.3, 0.4) is 0 Å². The molecule has 1 aliphatic carbocycles. The van der Waals surface area contributed by atoms with Crippen LogP contribution in [-0.2, 0) is 6.54 Å². The van der Waals surface area contributed by atoms with Crippen molar-refractivity contribution in [2.45, 2.75) is 58.2 Å². The van der Waals surface area contributed by atoms with Gasteiger partial charge in [-0.2, -0.15) is 0 Å². The highest BCUT2D eigenvalue weighted by Crippen LogP contribution is 2.25. The van der Waals surface area contributed by atoms with Gasteiger partial charge >= 0.3 is 0 Å². The van der Waals surface area contributed by atoms with Gasteiger partial charge in [0.2, 0.25) is 0 Å². The molecule has 0 bridgehead atoms. The average Bonchev–Trinajstić information content (AvgIpc) is 3.09. The molecule has 3 heteroatoms. The van der Waals surface area contributed by atoms with Crippen molar-refractivity contribution >= 4 is 10.9 Å². The fourth-order valence-electron chi connectivity index (χ4n) is 3.55. The Morgan fingerprint density at radius 3 is 2.71 bits per heavy atom. The lowest BCUT2D eigenvalue weighted by molar-refractivity contribution is 0.148. The van der Waals surface area contributed by atoms with Gasteiger partial charge in [0.25, 0.3) is 0 Å². The maximum Gasteiger partial charge on any atom is 0.0843 e. The minimum atomic E-state index is -0.334. The molecule has 2 aromatic rings. The van der Waals surface area contributed by atoms with E-state index in [1.54, 1.807) is 0 Å². The van der Waals surface area contributed by atoms with Crippen LogP contribution in [0.25, 0.3) is 10.9 Å². The van der Waals surface area contributed by atoms with Crippen LogP contribution in [-0.4, -0.2) is 28.4 Å². The maximum atomic E-state index is 10.4. The van der Waals surface area contributed by atoms with Crippen molar-refractivity contribution in [1.29, 1.82) is 0 Å². The third-order valence-electron chi connectivity index (χ3n) is 4.94. The Bertz CT molecular complexity index is 611. The van der Waals surface area contributed by atoms with E-state index in [4.69, 9.17) is 0 Å². The molecule has 1 saturated carbocycles. The van der Waals surface area contributed by atoms with Gasteiger partial charge in [0.05, 0.1) is 12.6 Å². The second kappa shape index (κ2) is 6.20. The van der Waals surface area contributed by atoms with E-state index in [-0.39, 0.29) is 6.10 Å². The first-order valence-corrected chi connectivity index (χ1v) is 8.12. The van der Waals surface area contributed by atoms with Crippen molar-refractivity contribution in [1.82, 2.24) is 9.88 Å². The number of aryl methyl sites for hydroxylation is 1. The number of fused-ring (bicyclic) bond motifs is 1. The Morgan fingerprint density at radius 1 is 1.24 bits per heavy atom. The monoisotopic (exact) mass is 286 g/mol. The predicted molar refractivity (Wildman–Crippen MR) is 87.7 cm³/mol. The number of nitrogens with one attached hydrogen (secondary N) is 1. The lowest BCUT2D eigenvalue weighted by Crippen LogP contribution is -2.36. The maximum absolute atomic E-state index is 10.4. The molecule has 2 N–H and O–H groups in total. The molecule has 1 aromatic carbocycles. The quantitative estimate of drug-likeness (QED) is 0.886. The fourth-order valence-corrected chi connectivity index (χ4v) is 3.55. The zero-order valence-corrected chi connectivity index (χ0v) is 13.1. The van der Waals surface area contributed by atoms with Gasteiger partial charge in [0.1, 0.15) is 0 Å². The van der Waals surface area contributed by atoms with Crippen LogP contribution in [0.2, 0.25) is 0 Å². The van der Waals surface area contributed by atoms with Crippen molar-refractivity contribution in [3.8, 4) is 0 Å². The Kier molecular flexibility index (Phi) is 4.32. The molecule has 0 spiro atoms. The van der Waals surface area contributed by atoms with Crippen LogP contribution in [0.1, 0.15) is 36.9 Å². The third-order valence-corrected chi connectivity index (χ3v) is 4.94. The highest BCUT2D eigenvalue weighted by atomic mass is 16.3. The van der Waals surface area contributed by atoms with E-state index in [0.717, 1.165) is 0 Å². The molecule has 21 heavy (non-hydrogen) atoms. The first kappa shape index (κ1) is 14.6. The number of hydrogen-bond donors (Lipinski definition) is 2. The molecule has 0 amide bonds. The van der Waals surface area contributed by atoms with Gasteiger partial charge in [-0.3, -0.25) is 0 Å². The summed E-state index contributed by atoms with van der Waals surface area (Å²) in [5.41, 5.74) is 3.81. The van der Waals surface area contributed by atoms with E-state index in [1.165, 1.54) is 47.8 Å². The van der Waals surface area contributed by atoms with E-state index in [1.807, 2.05) is 0 Å². The van der Waals surface area contributed by atoms with E-state index >= 15 is 0 Å². The molecule has 3 rings (SSSR count). The summed E-state index contributed by atoms with van der Waals surface area (Å²) in [5, 5.41) is 15.2. The normalized spacial score (nSPS) is 17.7. The topological polar surface area (TPSA) is 37.2 Å². The number of aromatic nitrogens is 1. The van der Waals surface area contributed by atoms with Gasteiger partial charge in [-0.25, -0.2) is 0 Å². The molecule has 0 saturated heterocycles. The molecule has 0 unspecified atom stereocenters. The molecular weight excluding hydrogens is 260 g/mol. The molecule has 3 nitrogen and oxygen atoms in total. The summed E-state index contributed by atoms with van der Waals surface area (Å²) in [6.07, 6.45) is 4.84. The van der Waals surface area contributed by atoms with Gasteiger partial charge in [0.15, 0.2) is 0 Å². The van der Waals surface area contributed by atoms with Crippen LogP contribution in [0.4, 0.5) is 0 Å². The minimum absolute atomic E-state index is 0.334. The lowest BCUT2D eigenvalue weighted by Gasteiger charge is -2.18. The number of benzene rings is 1. The van der Waals surface area contributed by atoms with Gasteiger partial charge < -0.3 is 15.0 Å². The predicted octanol–water partition coefficient (Wildman–Crippen LogP) is 3.15. The van der Waals surface area contributed by atoms with Crippen molar-refractivity contribution < 1.29 is 5.11 Å². The molecule has 1 fully saturated rings. The van der Waals surface area contributed by atoms with E-state index in [0.29, 0.717) is 19.1 Å². The molecule has 1 aromatic heterocycles. The number of rotatable bonds is 5. The summed E-state index contributed by atoms with van der Waals surface area (Å²) in [4.78, 5) is 0. The van der Waals surface area contributed by atoms with Crippen LogP contribution in [0.15, 0.2) is 24.3 Å². The number of hydrogen-bond acceptors (Lipinski definition) is 2. The zero-order valence-electron chi connectivity index (χ0n) is 13.1. The van der Waals surface area contributed by atoms with Crippen LogP contribution < -0.4 is 5.32 Å². The van der Waals surface area contributed by atoms with Gasteiger partial charge in [0, 0.05) is 29.2 Å². The summed E-state index contributed by atoms with van der Waals surface area (Å²) < 4.78 is 2.26. The van der Waals surface area contributed by atoms with Gasteiger partial charge in [-0.15, -0.1) is 0 Å². The smallest absolute Gasteiger partial charge is 0.0843 e. The standard InChI is InChI=1S/C18H26N2O/c1-13-14(2)20(18-10-6-5-9-17(13)18)12-16(21)11-19-15-7-3-4-8-15/h5-6,9-10,15-16,19,21H,3-4,7-8,11-12H2,1-2H3/t16-/m1/s1. The first-order valence-electron chi connectivity index (χ1n) is 8.12. The summed E-state index contributed by atoms with van der Waals surface area (Å²) >= 11 is 0. The lowest BCUT2D eigenvalue weighted by atomic mass is 10.2. The van der Waals surface area contributed by atoms with Crippen molar-refractivity contribution in [3.05, 3.63) is 35.5 Å². The summed E-state index contributed by atoms with van der Waals surface area (Å²) in [6, 6.07) is 9.07. The van der Waals surface area contributed by atoms with Crippen LogP contribution >= 0.6 is 0 Å². The van der Waals surface area contributed by atoms with Gasteiger partial charge in [-0.1, -0.05) is 31.0 Å². The van der Waals surface area contributed by atoms with Crippen molar-refractivity contribution in [2.75, 3.05) is 6.54 Å². The molecular formula is C18H26N2O. The minimum Gasteiger partial charge on any atom is -0.390 e. The average molecular weight is 286 g/mol. The van der Waals surface area contributed by atoms with Crippen LogP contribution in [0, 0.1) is 13.8 Å². The Balaban J connectivity index is 1.70. The Hall–Kier alpha value is -1.32. The van der Waals surface area contributed by atoms with E-state index in [2.05, 4.69) is 48.0 Å². The molecule has 114 valence electrons. The molecule has 1 atom stereocenters. The molecule has 1 heterocycles. The second-order valence-corrected chi connectivity index (χ2v) is 6.38. The van der Waals surface area contributed by atoms with E-state index in [9.17, 15) is 5.11 Å². The van der Waals surface area contributed by atoms with E-state index < -0.39 is 0 Å².